The van der Waals surface area contributed by atoms with Gasteiger partial charge in [-0.15, -0.1) is 0 Å². The fourth-order valence-electron chi connectivity index (χ4n) is 3.96. The number of hydrogen-bond donors (Lipinski definition) is 2. The molecule has 31 heavy (non-hydrogen) atoms. The molecule has 158 valence electrons. The van der Waals surface area contributed by atoms with Crippen molar-refractivity contribution in [3.8, 4) is 0 Å². The minimum Gasteiger partial charge on any atom is -0.462 e. The first-order chi connectivity index (χ1) is 15.1. The predicted octanol–water partition coefficient (Wildman–Crippen LogP) is 3.26. The van der Waals surface area contributed by atoms with Crippen LogP contribution in [0.1, 0.15) is 44.3 Å². The molecular weight excluding hydrogens is 388 g/mol. The molecule has 0 aliphatic carbocycles. The normalized spacial score (nSPS) is 15.1. The summed E-state index contributed by atoms with van der Waals surface area (Å²) in [5, 5.41) is 2.87. The van der Waals surface area contributed by atoms with Gasteiger partial charge in [-0.25, -0.2) is 4.79 Å². The Balaban J connectivity index is 1.34. The molecule has 0 spiro atoms. The van der Waals surface area contributed by atoms with Crippen molar-refractivity contribution in [3.05, 3.63) is 101 Å². The topological polar surface area (TPSA) is 59.8 Å². The number of benzene rings is 3. The Morgan fingerprint density at radius 3 is 2.29 bits per heavy atom. The number of fused-ring (bicyclic) bond motifs is 1. The number of carbonyl (C=O) groups is 2. The molecule has 0 fully saturated rings. The molecule has 1 unspecified atom stereocenters. The number of ether oxygens (including phenoxy) is 1. The number of amides is 1. The smallest absolute Gasteiger partial charge is 0.338 e. The Labute approximate surface area is 182 Å². The maximum Gasteiger partial charge on any atom is 0.338 e. The SMILES string of the molecule is CCOC(=O)c1ccc(NC(=O)c2ccc(C[NH+]3CCc4ccccc4C3)cc2)cc1. The number of anilines is 1. The van der Waals surface area contributed by atoms with Crippen molar-refractivity contribution >= 4 is 17.6 Å². The van der Waals surface area contributed by atoms with Crippen molar-refractivity contribution in [2.75, 3.05) is 18.5 Å². The molecule has 1 amide bonds. The molecule has 0 radical (unpaired) electrons. The fraction of sp³-hybridized carbons (Fsp3) is 0.231. The molecule has 3 aromatic carbocycles. The van der Waals surface area contributed by atoms with Gasteiger partial charge in [0.15, 0.2) is 0 Å². The van der Waals surface area contributed by atoms with E-state index in [1.54, 1.807) is 31.2 Å². The lowest BCUT2D eigenvalue weighted by Crippen LogP contribution is -3.10. The monoisotopic (exact) mass is 415 g/mol. The quantitative estimate of drug-likeness (QED) is 0.608. The minimum absolute atomic E-state index is 0.172. The van der Waals surface area contributed by atoms with Crippen molar-refractivity contribution in [1.82, 2.24) is 0 Å². The Kier molecular flexibility index (Phi) is 6.43. The van der Waals surface area contributed by atoms with E-state index in [4.69, 9.17) is 4.74 Å². The van der Waals surface area contributed by atoms with Crippen LogP contribution in [0.3, 0.4) is 0 Å². The highest BCUT2D eigenvalue weighted by molar-refractivity contribution is 6.04. The number of rotatable bonds is 6. The van der Waals surface area contributed by atoms with Crippen molar-refractivity contribution in [1.29, 1.82) is 0 Å². The van der Waals surface area contributed by atoms with Gasteiger partial charge in [0.25, 0.3) is 5.91 Å². The third-order valence-electron chi connectivity index (χ3n) is 5.63. The molecule has 0 aromatic heterocycles. The van der Waals surface area contributed by atoms with Gasteiger partial charge >= 0.3 is 5.97 Å². The molecular formula is C26H27N2O3+. The van der Waals surface area contributed by atoms with Crippen LogP contribution >= 0.6 is 0 Å². The molecule has 1 aliphatic rings. The lowest BCUT2D eigenvalue weighted by atomic mass is 9.99. The molecule has 0 bridgehead atoms. The second-order valence-corrected chi connectivity index (χ2v) is 7.82. The van der Waals surface area contributed by atoms with Crippen LogP contribution in [0.5, 0.6) is 0 Å². The van der Waals surface area contributed by atoms with Crippen LogP contribution in [0.25, 0.3) is 0 Å². The van der Waals surface area contributed by atoms with Gasteiger partial charge in [0.2, 0.25) is 0 Å². The number of quaternary nitrogens is 1. The molecule has 5 heteroatoms. The van der Waals surface area contributed by atoms with Gasteiger partial charge in [0.1, 0.15) is 13.1 Å². The first kappa shape index (κ1) is 20.8. The summed E-state index contributed by atoms with van der Waals surface area (Å²) in [5.74, 6) is -0.537. The van der Waals surface area contributed by atoms with Crippen LogP contribution < -0.4 is 10.2 Å². The van der Waals surface area contributed by atoms with Crippen LogP contribution in [-0.2, 0) is 24.2 Å². The second-order valence-electron chi connectivity index (χ2n) is 7.82. The van der Waals surface area contributed by atoms with Gasteiger partial charge in [0, 0.05) is 28.8 Å². The fourth-order valence-corrected chi connectivity index (χ4v) is 3.96. The summed E-state index contributed by atoms with van der Waals surface area (Å²) in [4.78, 5) is 25.8. The van der Waals surface area contributed by atoms with E-state index in [1.807, 2.05) is 24.3 Å². The van der Waals surface area contributed by atoms with E-state index in [0.717, 1.165) is 26.1 Å². The Morgan fingerprint density at radius 2 is 1.58 bits per heavy atom. The summed E-state index contributed by atoms with van der Waals surface area (Å²) in [6.07, 6.45) is 1.11. The van der Waals surface area contributed by atoms with Crippen molar-refractivity contribution < 1.29 is 19.2 Å². The molecule has 5 nitrogen and oxygen atoms in total. The second kappa shape index (κ2) is 9.58. The Morgan fingerprint density at radius 1 is 0.903 bits per heavy atom. The van der Waals surface area contributed by atoms with Crippen LogP contribution in [0.2, 0.25) is 0 Å². The Hall–Kier alpha value is -3.44. The highest BCUT2D eigenvalue weighted by atomic mass is 16.5. The largest absolute Gasteiger partial charge is 0.462 e. The summed E-state index contributed by atoms with van der Waals surface area (Å²) < 4.78 is 4.97. The van der Waals surface area contributed by atoms with E-state index < -0.39 is 0 Å². The van der Waals surface area contributed by atoms with Crippen LogP contribution in [0, 0.1) is 0 Å². The molecule has 2 N–H and O–H groups in total. The molecule has 3 aromatic rings. The Bertz CT molecular complexity index is 1060. The van der Waals surface area contributed by atoms with E-state index in [9.17, 15) is 9.59 Å². The maximum absolute atomic E-state index is 12.6. The number of nitrogens with one attached hydrogen (secondary N) is 2. The van der Waals surface area contributed by atoms with Gasteiger partial charge in [0.05, 0.1) is 18.7 Å². The third-order valence-corrected chi connectivity index (χ3v) is 5.63. The average molecular weight is 416 g/mol. The first-order valence-electron chi connectivity index (χ1n) is 10.7. The van der Waals surface area contributed by atoms with Gasteiger partial charge in [-0.2, -0.15) is 0 Å². The van der Waals surface area contributed by atoms with E-state index in [1.165, 1.54) is 21.6 Å². The molecule has 1 heterocycles. The lowest BCUT2D eigenvalue weighted by molar-refractivity contribution is -0.929. The zero-order chi connectivity index (χ0) is 21.6. The van der Waals surface area contributed by atoms with Crippen LogP contribution in [-0.4, -0.2) is 25.0 Å². The lowest BCUT2D eigenvalue weighted by Gasteiger charge is -2.26. The zero-order valence-corrected chi connectivity index (χ0v) is 17.7. The molecule has 0 saturated carbocycles. The van der Waals surface area contributed by atoms with E-state index >= 15 is 0 Å². The number of carbonyl (C=O) groups excluding carboxylic acids is 2. The van der Waals surface area contributed by atoms with E-state index in [0.29, 0.717) is 23.4 Å². The third kappa shape index (κ3) is 5.19. The summed E-state index contributed by atoms with van der Waals surface area (Å²) in [5.41, 5.74) is 5.84. The zero-order valence-electron chi connectivity index (χ0n) is 17.7. The van der Waals surface area contributed by atoms with Crippen molar-refractivity contribution in [3.63, 3.8) is 0 Å². The van der Waals surface area contributed by atoms with E-state index in [-0.39, 0.29) is 11.9 Å². The van der Waals surface area contributed by atoms with Crippen molar-refractivity contribution in [2.45, 2.75) is 26.4 Å². The number of esters is 1. The predicted molar refractivity (Wildman–Crippen MR) is 120 cm³/mol. The molecule has 1 aliphatic heterocycles. The standard InChI is InChI=1S/C26H26N2O3/c1-2-31-26(30)22-11-13-24(14-12-22)27-25(29)21-9-7-19(8-10-21)17-28-16-15-20-5-3-4-6-23(20)18-28/h3-14H,2,15-18H2,1H3,(H,27,29)/p+1. The number of hydrogen-bond acceptors (Lipinski definition) is 3. The van der Waals surface area contributed by atoms with Gasteiger partial charge in [-0.1, -0.05) is 36.4 Å². The summed E-state index contributed by atoms with van der Waals surface area (Å²) in [7, 11) is 0. The van der Waals surface area contributed by atoms with Gasteiger partial charge in [-0.3, -0.25) is 4.79 Å². The highest BCUT2D eigenvalue weighted by Gasteiger charge is 2.19. The maximum atomic E-state index is 12.6. The van der Waals surface area contributed by atoms with Crippen LogP contribution in [0.4, 0.5) is 5.69 Å². The van der Waals surface area contributed by atoms with Gasteiger partial charge < -0.3 is 15.0 Å². The molecule has 0 saturated heterocycles. The highest BCUT2D eigenvalue weighted by Crippen LogP contribution is 2.14. The van der Waals surface area contributed by atoms with Crippen molar-refractivity contribution in [2.24, 2.45) is 0 Å². The van der Waals surface area contributed by atoms with Gasteiger partial charge in [-0.05, 0) is 48.9 Å². The summed E-state index contributed by atoms with van der Waals surface area (Å²) in [6.45, 7) is 5.22. The first-order valence-corrected chi connectivity index (χ1v) is 10.7. The van der Waals surface area contributed by atoms with E-state index in [2.05, 4.69) is 29.6 Å². The molecule has 1 atom stereocenters. The minimum atomic E-state index is -0.365. The average Bonchev–Trinajstić information content (AvgIpc) is 2.80. The summed E-state index contributed by atoms with van der Waals surface area (Å²) in [6, 6.07) is 23.2. The summed E-state index contributed by atoms with van der Waals surface area (Å²) >= 11 is 0. The molecule has 4 rings (SSSR count). The van der Waals surface area contributed by atoms with Crippen LogP contribution in [0.15, 0.2) is 72.8 Å².